The molecular formula is C13H17BrClN. The van der Waals surface area contributed by atoms with Crippen molar-refractivity contribution in [3.63, 3.8) is 0 Å². The average molecular weight is 303 g/mol. The Bertz CT molecular complexity index is 390. The van der Waals surface area contributed by atoms with Gasteiger partial charge in [0.15, 0.2) is 0 Å². The van der Waals surface area contributed by atoms with E-state index in [2.05, 4.69) is 52.9 Å². The molecule has 3 heteroatoms. The molecule has 0 aromatic heterocycles. The van der Waals surface area contributed by atoms with Crippen LogP contribution in [-0.2, 0) is 5.33 Å². The lowest BCUT2D eigenvalue weighted by atomic mass is 9.93. The lowest BCUT2D eigenvalue weighted by Gasteiger charge is -2.22. The van der Waals surface area contributed by atoms with Crippen molar-refractivity contribution in [3.8, 4) is 0 Å². The molecule has 1 heterocycles. The van der Waals surface area contributed by atoms with Crippen molar-refractivity contribution in [3.05, 3.63) is 28.8 Å². The van der Waals surface area contributed by atoms with Crippen LogP contribution in [0.5, 0.6) is 0 Å². The van der Waals surface area contributed by atoms with Crippen LogP contribution in [0.25, 0.3) is 0 Å². The fourth-order valence-corrected chi connectivity index (χ4v) is 3.07. The van der Waals surface area contributed by atoms with Gasteiger partial charge in [-0.25, -0.2) is 0 Å². The normalized spacial score (nSPS) is 19.1. The van der Waals surface area contributed by atoms with Crippen molar-refractivity contribution >= 4 is 33.2 Å². The van der Waals surface area contributed by atoms with Gasteiger partial charge >= 0.3 is 0 Å². The Balaban J connectivity index is 2.20. The van der Waals surface area contributed by atoms with Crippen LogP contribution < -0.4 is 4.90 Å². The second kappa shape index (κ2) is 4.58. The fourth-order valence-electron chi connectivity index (χ4n) is 2.17. The first kappa shape index (κ1) is 12.3. The molecule has 1 fully saturated rings. The van der Waals surface area contributed by atoms with Crippen LogP contribution in [0.4, 0.5) is 5.69 Å². The molecule has 1 aromatic rings. The molecule has 0 bridgehead atoms. The molecule has 0 radical (unpaired) electrons. The van der Waals surface area contributed by atoms with E-state index in [9.17, 15) is 0 Å². The molecule has 0 atom stereocenters. The predicted molar refractivity (Wildman–Crippen MR) is 74.7 cm³/mol. The molecule has 2 rings (SSSR count). The van der Waals surface area contributed by atoms with Gasteiger partial charge in [-0.3, -0.25) is 0 Å². The third kappa shape index (κ3) is 2.54. The molecule has 1 aliphatic heterocycles. The molecule has 0 amide bonds. The molecule has 16 heavy (non-hydrogen) atoms. The number of hydrogen-bond acceptors (Lipinski definition) is 1. The van der Waals surface area contributed by atoms with Crippen molar-refractivity contribution in [2.24, 2.45) is 5.41 Å². The second-order valence-electron chi connectivity index (χ2n) is 5.25. The summed E-state index contributed by atoms with van der Waals surface area (Å²) >= 11 is 9.66. The van der Waals surface area contributed by atoms with E-state index < -0.39 is 0 Å². The maximum atomic E-state index is 6.22. The Kier molecular flexibility index (Phi) is 3.50. The van der Waals surface area contributed by atoms with Gasteiger partial charge in [0.1, 0.15) is 0 Å². The van der Waals surface area contributed by atoms with Gasteiger partial charge in [0.2, 0.25) is 0 Å². The third-order valence-electron chi connectivity index (χ3n) is 3.22. The number of anilines is 1. The lowest BCUT2D eigenvalue weighted by Crippen LogP contribution is -2.22. The Morgan fingerprint density at radius 1 is 1.44 bits per heavy atom. The van der Waals surface area contributed by atoms with Crippen LogP contribution in [-0.4, -0.2) is 13.1 Å². The number of hydrogen-bond donors (Lipinski definition) is 0. The summed E-state index contributed by atoms with van der Waals surface area (Å²) in [5, 5.41) is 1.68. The topological polar surface area (TPSA) is 3.24 Å². The number of alkyl halides is 1. The summed E-state index contributed by atoms with van der Waals surface area (Å²) in [6.07, 6.45) is 1.25. The molecule has 1 aliphatic rings. The maximum absolute atomic E-state index is 6.22. The quantitative estimate of drug-likeness (QED) is 0.729. The minimum absolute atomic E-state index is 0.431. The van der Waals surface area contributed by atoms with E-state index >= 15 is 0 Å². The number of rotatable bonds is 2. The molecule has 88 valence electrons. The SMILES string of the molecule is CC1(C)CCN(c2ccc(CBr)c(Cl)c2)C1. The van der Waals surface area contributed by atoms with E-state index in [-0.39, 0.29) is 0 Å². The summed E-state index contributed by atoms with van der Waals surface area (Å²) < 4.78 is 0. The minimum Gasteiger partial charge on any atom is -0.371 e. The van der Waals surface area contributed by atoms with E-state index in [0.29, 0.717) is 5.41 Å². The third-order valence-corrected chi connectivity index (χ3v) is 4.18. The molecule has 0 aliphatic carbocycles. The zero-order valence-corrected chi connectivity index (χ0v) is 12.1. The first-order chi connectivity index (χ1) is 7.52. The summed E-state index contributed by atoms with van der Waals surface area (Å²) in [7, 11) is 0. The smallest absolute Gasteiger partial charge is 0.0467 e. The highest BCUT2D eigenvalue weighted by molar-refractivity contribution is 9.08. The summed E-state index contributed by atoms with van der Waals surface area (Å²) in [6, 6.07) is 6.36. The van der Waals surface area contributed by atoms with Gasteiger partial charge < -0.3 is 4.90 Å². The van der Waals surface area contributed by atoms with Crippen molar-refractivity contribution < 1.29 is 0 Å². The minimum atomic E-state index is 0.431. The molecule has 0 N–H and O–H groups in total. The number of benzene rings is 1. The summed E-state index contributed by atoms with van der Waals surface area (Å²) in [5.41, 5.74) is 2.84. The molecule has 1 nitrogen and oxygen atoms in total. The average Bonchev–Trinajstić information content (AvgIpc) is 2.59. The zero-order chi connectivity index (χ0) is 11.8. The zero-order valence-electron chi connectivity index (χ0n) is 9.76. The van der Waals surface area contributed by atoms with Crippen LogP contribution in [0, 0.1) is 5.41 Å². The van der Waals surface area contributed by atoms with Crippen LogP contribution in [0.3, 0.4) is 0 Å². The van der Waals surface area contributed by atoms with Gasteiger partial charge in [0, 0.05) is 29.1 Å². The molecule has 0 saturated carbocycles. The molecule has 0 unspecified atom stereocenters. The Labute approximate surface area is 111 Å². The second-order valence-corrected chi connectivity index (χ2v) is 6.21. The number of halogens is 2. The monoisotopic (exact) mass is 301 g/mol. The van der Waals surface area contributed by atoms with Crippen LogP contribution in [0.1, 0.15) is 25.8 Å². The van der Waals surface area contributed by atoms with Gasteiger partial charge in [0.25, 0.3) is 0 Å². The van der Waals surface area contributed by atoms with Gasteiger partial charge in [-0.15, -0.1) is 0 Å². The standard InChI is InChI=1S/C13H17BrClN/c1-13(2)5-6-16(9-13)11-4-3-10(8-14)12(15)7-11/h3-4,7H,5-6,8-9H2,1-2H3. The Hall–Kier alpha value is -0.210. The van der Waals surface area contributed by atoms with E-state index in [4.69, 9.17) is 11.6 Å². The van der Waals surface area contributed by atoms with E-state index in [1.165, 1.54) is 12.1 Å². The van der Waals surface area contributed by atoms with Crippen LogP contribution in [0.2, 0.25) is 5.02 Å². The molecular weight excluding hydrogens is 286 g/mol. The van der Waals surface area contributed by atoms with Crippen molar-refractivity contribution in [1.82, 2.24) is 0 Å². The summed E-state index contributed by atoms with van der Waals surface area (Å²) in [5.74, 6) is 0. The van der Waals surface area contributed by atoms with Gasteiger partial charge in [-0.2, -0.15) is 0 Å². The largest absolute Gasteiger partial charge is 0.371 e. The first-order valence-corrected chi connectivity index (χ1v) is 7.11. The highest BCUT2D eigenvalue weighted by atomic mass is 79.9. The molecule has 1 aromatic carbocycles. The molecule has 1 saturated heterocycles. The van der Waals surface area contributed by atoms with Crippen molar-refractivity contribution in [2.45, 2.75) is 25.6 Å². The lowest BCUT2D eigenvalue weighted by molar-refractivity contribution is 0.418. The van der Waals surface area contributed by atoms with Crippen molar-refractivity contribution in [2.75, 3.05) is 18.0 Å². The van der Waals surface area contributed by atoms with Crippen LogP contribution in [0.15, 0.2) is 18.2 Å². The maximum Gasteiger partial charge on any atom is 0.0467 e. The van der Waals surface area contributed by atoms with Gasteiger partial charge in [-0.05, 0) is 29.5 Å². The Morgan fingerprint density at radius 2 is 2.19 bits per heavy atom. The summed E-state index contributed by atoms with van der Waals surface area (Å²) in [4.78, 5) is 2.42. The highest BCUT2D eigenvalue weighted by Crippen LogP contribution is 2.34. The first-order valence-electron chi connectivity index (χ1n) is 5.61. The highest BCUT2D eigenvalue weighted by Gasteiger charge is 2.29. The van der Waals surface area contributed by atoms with E-state index in [1.54, 1.807) is 0 Å². The summed E-state index contributed by atoms with van der Waals surface area (Å²) in [6.45, 7) is 6.90. The van der Waals surface area contributed by atoms with Crippen molar-refractivity contribution in [1.29, 1.82) is 0 Å². The molecule has 0 spiro atoms. The predicted octanol–water partition coefficient (Wildman–Crippen LogP) is 4.47. The fraction of sp³-hybridized carbons (Fsp3) is 0.538. The van der Waals surface area contributed by atoms with Gasteiger partial charge in [0.05, 0.1) is 0 Å². The Morgan fingerprint density at radius 3 is 2.69 bits per heavy atom. The van der Waals surface area contributed by atoms with E-state index in [0.717, 1.165) is 29.0 Å². The number of nitrogens with zero attached hydrogens (tertiary/aromatic N) is 1. The van der Waals surface area contributed by atoms with Crippen LogP contribution >= 0.6 is 27.5 Å². The van der Waals surface area contributed by atoms with E-state index in [1.807, 2.05) is 0 Å². The van der Waals surface area contributed by atoms with Gasteiger partial charge in [-0.1, -0.05) is 47.4 Å².